The summed E-state index contributed by atoms with van der Waals surface area (Å²) < 4.78 is 11.5. The molecule has 0 spiro atoms. The molecule has 0 radical (unpaired) electrons. The fourth-order valence-corrected chi connectivity index (χ4v) is 3.19. The number of aromatic nitrogens is 1. The third kappa shape index (κ3) is 4.57. The Morgan fingerprint density at radius 1 is 1.54 bits per heavy atom. The van der Waals surface area contributed by atoms with Crippen molar-refractivity contribution in [3.05, 3.63) is 22.8 Å². The van der Waals surface area contributed by atoms with Crippen LogP contribution in [-0.4, -0.2) is 46.0 Å². The highest BCUT2D eigenvalue weighted by atomic mass is 35.5. The Morgan fingerprint density at radius 3 is 2.73 bits per heavy atom. The Kier molecular flexibility index (Phi) is 5.69. The molecule has 2 heterocycles. The van der Waals surface area contributed by atoms with Crippen LogP contribution < -0.4 is 5.32 Å². The summed E-state index contributed by atoms with van der Waals surface area (Å²) in [6, 6.07) is 3.26. The summed E-state index contributed by atoms with van der Waals surface area (Å²) in [5, 5.41) is 12.4. The average Bonchev–Trinajstić information content (AvgIpc) is 2.72. The highest BCUT2D eigenvalue weighted by molar-refractivity contribution is 6.33. The summed E-state index contributed by atoms with van der Waals surface area (Å²) in [6.45, 7) is 11.4. The smallest absolute Gasteiger partial charge is 0.412 e. The van der Waals surface area contributed by atoms with Crippen molar-refractivity contribution in [3.63, 3.8) is 0 Å². The molecule has 8 heteroatoms. The molecule has 1 aromatic rings. The van der Waals surface area contributed by atoms with Crippen LogP contribution in [0.4, 0.5) is 10.6 Å². The quantitative estimate of drug-likeness (QED) is 0.858. The zero-order valence-electron chi connectivity index (χ0n) is 16.0. The van der Waals surface area contributed by atoms with Gasteiger partial charge in [-0.25, -0.2) is 9.78 Å². The van der Waals surface area contributed by atoms with Crippen molar-refractivity contribution in [2.45, 2.75) is 65.0 Å². The van der Waals surface area contributed by atoms with Gasteiger partial charge in [-0.3, -0.25) is 4.90 Å². The van der Waals surface area contributed by atoms with E-state index in [1.807, 2.05) is 47.6 Å². The minimum absolute atomic E-state index is 0.206. The molecule has 0 saturated carbocycles. The largest absolute Gasteiger partial charge is 0.444 e. The lowest BCUT2D eigenvalue weighted by Crippen LogP contribution is -2.52. The zero-order valence-corrected chi connectivity index (χ0v) is 16.7. The van der Waals surface area contributed by atoms with Gasteiger partial charge in [-0.2, -0.15) is 5.26 Å². The number of nitriles is 1. The highest BCUT2D eigenvalue weighted by Crippen LogP contribution is 2.34. The minimum Gasteiger partial charge on any atom is -0.444 e. The number of nitrogens with zero attached hydrogens (tertiary/aromatic N) is 3. The van der Waals surface area contributed by atoms with Gasteiger partial charge in [-0.15, -0.1) is 0 Å². The SMILES string of the molecule is C[C@@H]1OC(C)(C)N(C(=O)OC(C)(C)C)[C@H]1CNc1ncc(C#N)cc1Cl. The van der Waals surface area contributed by atoms with E-state index in [9.17, 15) is 4.79 Å². The van der Waals surface area contributed by atoms with Crippen molar-refractivity contribution >= 4 is 23.5 Å². The van der Waals surface area contributed by atoms with Gasteiger partial charge in [-0.05, 0) is 47.6 Å². The number of hydrogen-bond acceptors (Lipinski definition) is 6. The Morgan fingerprint density at radius 2 is 2.19 bits per heavy atom. The minimum atomic E-state index is -0.796. The first kappa shape index (κ1) is 20.3. The first-order chi connectivity index (χ1) is 11.9. The molecule has 26 heavy (non-hydrogen) atoms. The number of amides is 1. The second-order valence-corrected chi connectivity index (χ2v) is 8.14. The first-order valence-electron chi connectivity index (χ1n) is 8.44. The summed E-state index contributed by atoms with van der Waals surface area (Å²) in [4.78, 5) is 18.5. The van der Waals surface area contributed by atoms with Gasteiger partial charge >= 0.3 is 6.09 Å². The van der Waals surface area contributed by atoms with Crippen molar-refractivity contribution in [3.8, 4) is 6.07 Å². The van der Waals surface area contributed by atoms with Crippen LogP contribution in [0.5, 0.6) is 0 Å². The normalized spacial score (nSPS) is 22.0. The summed E-state index contributed by atoms with van der Waals surface area (Å²) in [5.41, 5.74) is -1.01. The van der Waals surface area contributed by atoms with Crippen LogP contribution in [0.3, 0.4) is 0 Å². The first-order valence-corrected chi connectivity index (χ1v) is 8.82. The predicted octanol–water partition coefficient (Wildman–Crippen LogP) is 3.78. The van der Waals surface area contributed by atoms with Crippen molar-refractivity contribution in [2.75, 3.05) is 11.9 Å². The van der Waals surface area contributed by atoms with Crippen LogP contribution in [0.1, 0.15) is 47.1 Å². The molecule has 0 aliphatic carbocycles. The fourth-order valence-electron chi connectivity index (χ4n) is 2.95. The number of carbonyl (C=O) groups is 1. The van der Waals surface area contributed by atoms with E-state index in [1.165, 1.54) is 6.20 Å². The van der Waals surface area contributed by atoms with E-state index in [0.29, 0.717) is 22.9 Å². The van der Waals surface area contributed by atoms with E-state index >= 15 is 0 Å². The molecule has 1 amide bonds. The summed E-state index contributed by atoms with van der Waals surface area (Å²) >= 11 is 6.16. The Labute approximate surface area is 159 Å². The third-order valence-corrected chi connectivity index (χ3v) is 4.26. The maximum absolute atomic E-state index is 12.7. The Balaban J connectivity index is 2.17. The average molecular weight is 381 g/mol. The van der Waals surface area contributed by atoms with E-state index in [-0.39, 0.29) is 12.1 Å². The highest BCUT2D eigenvalue weighted by Gasteiger charge is 2.49. The number of rotatable bonds is 3. The number of nitrogens with one attached hydrogen (secondary N) is 1. The maximum atomic E-state index is 12.7. The van der Waals surface area contributed by atoms with Gasteiger partial charge in [0.05, 0.1) is 22.7 Å². The number of ether oxygens (including phenoxy) is 2. The van der Waals surface area contributed by atoms with Gasteiger partial charge in [0, 0.05) is 12.7 Å². The summed E-state index contributed by atoms with van der Waals surface area (Å²) in [7, 11) is 0. The third-order valence-electron chi connectivity index (χ3n) is 3.97. The zero-order chi connectivity index (χ0) is 19.7. The number of anilines is 1. The molecule has 1 N–H and O–H groups in total. The molecule has 1 saturated heterocycles. The summed E-state index contributed by atoms with van der Waals surface area (Å²) in [5.74, 6) is 0.451. The van der Waals surface area contributed by atoms with Crippen molar-refractivity contribution in [2.24, 2.45) is 0 Å². The van der Waals surface area contributed by atoms with E-state index in [0.717, 1.165) is 0 Å². The number of carbonyl (C=O) groups excluding carboxylic acids is 1. The van der Waals surface area contributed by atoms with Gasteiger partial charge in [0.2, 0.25) is 0 Å². The maximum Gasteiger partial charge on any atom is 0.412 e. The Bertz CT molecular complexity index is 724. The summed E-state index contributed by atoms with van der Waals surface area (Å²) in [6.07, 6.45) is 0.804. The molecule has 1 fully saturated rings. The van der Waals surface area contributed by atoms with Crippen LogP contribution >= 0.6 is 11.6 Å². The van der Waals surface area contributed by atoms with Gasteiger partial charge in [0.15, 0.2) is 0 Å². The number of hydrogen-bond donors (Lipinski definition) is 1. The van der Waals surface area contributed by atoms with Crippen LogP contribution in [0.15, 0.2) is 12.3 Å². The standard InChI is InChI=1S/C18H25ClN4O3/c1-11-14(10-22-15-13(19)7-12(8-20)9-21-15)23(18(5,6)25-11)16(24)26-17(2,3)4/h7,9,11,14H,10H2,1-6H3,(H,21,22)/t11-,14-/m0/s1. The van der Waals surface area contributed by atoms with Gasteiger partial charge < -0.3 is 14.8 Å². The lowest BCUT2D eigenvalue weighted by atomic mass is 10.1. The second kappa shape index (κ2) is 7.29. The molecule has 2 atom stereocenters. The van der Waals surface area contributed by atoms with Gasteiger partial charge in [-0.1, -0.05) is 11.6 Å². The predicted molar refractivity (Wildman–Crippen MR) is 98.9 cm³/mol. The molecular weight excluding hydrogens is 356 g/mol. The number of pyridine rings is 1. The van der Waals surface area contributed by atoms with E-state index in [4.69, 9.17) is 26.3 Å². The molecular formula is C18H25ClN4O3. The monoisotopic (exact) mass is 380 g/mol. The molecule has 1 aliphatic rings. The van der Waals surface area contributed by atoms with Crippen LogP contribution in [0.2, 0.25) is 5.02 Å². The van der Waals surface area contributed by atoms with Crippen molar-refractivity contribution in [1.29, 1.82) is 5.26 Å². The van der Waals surface area contributed by atoms with E-state index < -0.39 is 17.4 Å². The fraction of sp³-hybridized carbons (Fsp3) is 0.611. The lowest BCUT2D eigenvalue weighted by Gasteiger charge is -2.35. The van der Waals surface area contributed by atoms with Crippen LogP contribution in [-0.2, 0) is 9.47 Å². The topological polar surface area (TPSA) is 87.5 Å². The molecule has 1 aliphatic heterocycles. The van der Waals surface area contributed by atoms with Crippen LogP contribution in [0, 0.1) is 11.3 Å². The molecule has 2 rings (SSSR count). The molecule has 0 aromatic carbocycles. The molecule has 1 aromatic heterocycles. The molecule has 0 unspecified atom stereocenters. The molecule has 142 valence electrons. The van der Waals surface area contributed by atoms with Crippen LogP contribution in [0.25, 0.3) is 0 Å². The van der Waals surface area contributed by atoms with E-state index in [1.54, 1.807) is 11.0 Å². The van der Waals surface area contributed by atoms with E-state index in [2.05, 4.69) is 10.3 Å². The second-order valence-electron chi connectivity index (χ2n) is 7.73. The molecule has 7 nitrogen and oxygen atoms in total. The Hall–Kier alpha value is -2.04. The van der Waals surface area contributed by atoms with Crippen molar-refractivity contribution < 1.29 is 14.3 Å². The lowest BCUT2D eigenvalue weighted by molar-refractivity contribution is -0.0755. The number of halogens is 1. The van der Waals surface area contributed by atoms with Crippen molar-refractivity contribution in [1.82, 2.24) is 9.88 Å². The van der Waals surface area contributed by atoms with Gasteiger partial charge in [0.1, 0.15) is 23.2 Å². The molecule has 0 bridgehead atoms. The van der Waals surface area contributed by atoms with Gasteiger partial charge in [0.25, 0.3) is 0 Å².